The fraction of sp³-hybridized carbons (Fsp3) is 0.308. The molecule has 0 bridgehead atoms. The van der Waals surface area contributed by atoms with E-state index in [0.717, 1.165) is 21.3 Å². The van der Waals surface area contributed by atoms with Crippen LogP contribution in [0.25, 0.3) is 11.3 Å². The zero-order chi connectivity index (χ0) is 13.8. The lowest BCUT2D eigenvalue weighted by atomic mass is 10.0. The van der Waals surface area contributed by atoms with E-state index in [2.05, 4.69) is 15.3 Å². The number of rotatable bonds is 5. The minimum Gasteiger partial charge on any atom is -0.481 e. The van der Waals surface area contributed by atoms with Gasteiger partial charge in [-0.3, -0.25) is 9.78 Å². The molecule has 2 aromatic rings. The Morgan fingerprint density at radius 3 is 2.95 bits per heavy atom. The number of carboxylic acids is 1. The predicted molar refractivity (Wildman–Crippen MR) is 75.6 cm³/mol. The number of anilines is 1. The molecule has 2 heterocycles. The third-order valence-electron chi connectivity index (χ3n) is 2.73. The van der Waals surface area contributed by atoms with Gasteiger partial charge in [-0.2, -0.15) is 0 Å². The summed E-state index contributed by atoms with van der Waals surface area (Å²) in [6.07, 6.45) is 3.54. The zero-order valence-electron chi connectivity index (χ0n) is 10.8. The van der Waals surface area contributed by atoms with Gasteiger partial charge in [0.25, 0.3) is 0 Å². The molecular formula is C13H15N3O2S. The molecule has 1 atom stereocenters. The van der Waals surface area contributed by atoms with Crippen molar-refractivity contribution in [3.8, 4) is 11.3 Å². The maximum atomic E-state index is 10.9. The van der Waals surface area contributed by atoms with E-state index in [1.165, 1.54) is 11.3 Å². The van der Waals surface area contributed by atoms with E-state index in [1.807, 2.05) is 19.1 Å². The minimum atomic E-state index is -0.802. The highest BCUT2D eigenvalue weighted by Crippen LogP contribution is 2.37. The number of thiazole rings is 1. The minimum absolute atomic E-state index is 0.0766. The molecule has 5 nitrogen and oxygen atoms in total. The smallest absolute Gasteiger partial charge is 0.303 e. The molecule has 0 spiro atoms. The molecule has 0 amide bonds. The van der Waals surface area contributed by atoms with Crippen LogP contribution < -0.4 is 5.32 Å². The Bertz CT molecular complexity index is 569. The Hall–Kier alpha value is -1.95. The lowest BCUT2D eigenvalue weighted by Gasteiger charge is -2.08. The topological polar surface area (TPSA) is 75.1 Å². The highest BCUT2D eigenvalue weighted by molar-refractivity contribution is 7.16. The standard InChI is InChI=1S/C13H15N3O2S/c1-8(6-10(17)18)12-11(16-13(14-2)19-12)9-4-3-5-15-7-9/h3-5,7-8H,6H2,1-2H3,(H,14,16)(H,17,18). The molecule has 2 aromatic heterocycles. The van der Waals surface area contributed by atoms with Crippen LogP contribution in [0.1, 0.15) is 24.1 Å². The van der Waals surface area contributed by atoms with Gasteiger partial charge in [0.15, 0.2) is 5.13 Å². The van der Waals surface area contributed by atoms with E-state index in [4.69, 9.17) is 5.11 Å². The molecule has 0 radical (unpaired) electrons. The van der Waals surface area contributed by atoms with Crippen molar-refractivity contribution in [1.29, 1.82) is 0 Å². The van der Waals surface area contributed by atoms with Gasteiger partial charge in [-0.1, -0.05) is 6.92 Å². The van der Waals surface area contributed by atoms with Crippen molar-refractivity contribution in [2.75, 3.05) is 12.4 Å². The molecule has 2 rings (SSSR count). The molecular weight excluding hydrogens is 262 g/mol. The van der Waals surface area contributed by atoms with Crippen molar-refractivity contribution >= 4 is 22.4 Å². The first-order valence-corrected chi connectivity index (χ1v) is 6.74. The summed E-state index contributed by atoms with van der Waals surface area (Å²) in [7, 11) is 1.80. The third kappa shape index (κ3) is 3.08. The summed E-state index contributed by atoms with van der Waals surface area (Å²) >= 11 is 1.49. The van der Waals surface area contributed by atoms with Crippen molar-refractivity contribution in [3.05, 3.63) is 29.4 Å². The first-order valence-electron chi connectivity index (χ1n) is 5.92. The zero-order valence-corrected chi connectivity index (χ0v) is 11.6. The molecule has 100 valence electrons. The van der Waals surface area contributed by atoms with Crippen molar-refractivity contribution in [1.82, 2.24) is 9.97 Å². The van der Waals surface area contributed by atoms with Crippen LogP contribution in [0, 0.1) is 0 Å². The normalized spacial score (nSPS) is 12.1. The number of nitrogens with one attached hydrogen (secondary N) is 1. The summed E-state index contributed by atoms with van der Waals surface area (Å²) < 4.78 is 0. The first-order chi connectivity index (χ1) is 9.11. The highest BCUT2D eigenvalue weighted by Gasteiger charge is 2.20. The molecule has 0 aliphatic carbocycles. The summed E-state index contributed by atoms with van der Waals surface area (Å²) in [4.78, 5) is 20.4. The number of carboxylic acid groups (broad SMARTS) is 1. The fourth-order valence-corrected chi connectivity index (χ4v) is 2.83. The van der Waals surface area contributed by atoms with Gasteiger partial charge >= 0.3 is 5.97 Å². The average Bonchev–Trinajstić information content (AvgIpc) is 2.83. The van der Waals surface area contributed by atoms with Gasteiger partial charge in [-0.25, -0.2) is 4.98 Å². The van der Waals surface area contributed by atoms with Crippen molar-refractivity contribution in [2.24, 2.45) is 0 Å². The van der Waals surface area contributed by atoms with Gasteiger partial charge in [-0.15, -0.1) is 11.3 Å². The van der Waals surface area contributed by atoms with Crippen LogP contribution in [0.2, 0.25) is 0 Å². The molecule has 0 saturated heterocycles. The Balaban J connectivity index is 2.42. The number of carbonyl (C=O) groups is 1. The second kappa shape index (κ2) is 5.79. The quantitative estimate of drug-likeness (QED) is 0.879. The van der Waals surface area contributed by atoms with E-state index in [-0.39, 0.29) is 12.3 Å². The van der Waals surface area contributed by atoms with Crippen LogP contribution in [0.4, 0.5) is 5.13 Å². The number of hydrogen-bond donors (Lipinski definition) is 2. The summed E-state index contributed by atoms with van der Waals surface area (Å²) in [6, 6.07) is 3.78. The van der Waals surface area contributed by atoms with Gasteiger partial charge in [-0.05, 0) is 12.1 Å². The van der Waals surface area contributed by atoms with Gasteiger partial charge in [0, 0.05) is 35.8 Å². The average molecular weight is 277 g/mol. The monoisotopic (exact) mass is 277 g/mol. The number of pyridine rings is 1. The number of hydrogen-bond acceptors (Lipinski definition) is 5. The van der Waals surface area contributed by atoms with Crippen LogP contribution in [0.15, 0.2) is 24.5 Å². The van der Waals surface area contributed by atoms with Crippen LogP contribution in [0.3, 0.4) is 0 Å². The highest BCUT2D eigenvalue weighted by atomic mass is 32.1. The van der Waals surface area contributed by atoms with Crippen LogP contribution in [-0.4, -0.2) is 28.1 Å². The molecule has 0 aromatic carbocycles. The number of aromatic nitrogens is 2. The van der Waals surface area contributed by atoms with Crippen molar-refractivity contribution < 1.29 is 9.90 Å². The van der Waals surface area contributed by atoms with Gasteiger partial charge in [0.05, 0.1) is 12.1 Å². The van der Waals surface area contributed by atoms with E-state index in [0.29, 0.717) is 0 Å². The second-order valence-electron chi connectivity index (χ2n) is 4.22. The summed E-state index contributed by atoms with van der Waals surface area (Å²) in [5, 5.41) is 12.7. The van der Waals surface area contributed by atoms with E-state index in [1.54, 1.807) is 19.4 Å². The SMILES string of the molecule is CNc1nc(-c2cccnc2)c(C(C)CC(=O)O)s1. The molecule has 2 N–H and O–H groups in total. The summed E-state index contributed by atoms with van der Waals surface area (Å²) in [5.74, 6) is -0.878. The van der Waals surface area contributed by atoms with Crippen LogP contribution in [-0.2, 0) is 4.79 Å². The molecule has 0 aliphatic heterocycles. The van der Waals surface area contributed by atoms with Gasteiger partial charge in [0.2, 0.25) is 0 Å². The van der Waals surface area contributed by atoms with Crippen LogP contribution >= 0.6 is 11.3 Å². The number of aliphatic carboxylic acids is 1. The lowest BCUT2D eigenvalue weighted by molar-refractivity contribution is -0.137. The van der Waals surface area contributed by atoms with Gasteiger partial charge < -0.3 is 10.4 Å². The molecule has 0 saturated carbocycles. The van der Waals surface area contributed by atoms with Gasteiger partial charge in [0.1, 0.15) is 0 Å². The lowest BCUT2D eigenvalue weighted by Crippen LogP contribution is -2.02. The Morgan fingerprint density at radius 2 is 2.37 bits per heavy atom. The summed E-state index contributed by atoms with van der Waals surface area (Å²) in [6.45, 7) is 1.90. The Morgan fingerprint density at radius 1 is 1.58 bits per heavy atom. The maximum Gasteiger partial charge on any atom is 0.303 e. The molecule has 1 unspecified atom stereocenters. The van der Waals surface area contributed by atoms with E-state index >= 15 is 0 Å². The molecule has 19 heavy (non-hydrogen) atoms. The largest absolute Gasteiger partial charge is 0.481 e. The first kappa shape index (κ1) is 13.5. The number of nitrogens with zero attached hydrogens (tertiary/aromatic N) is 2. The van der Waals surface area contributed by atoms with E-state index in [9.17, 15) is 4.79 Å². The Labute approximate surface area is 115 Å². The van der Waals surface area contributed by atoms with Crippen LogP contribution in [0.5, 0.6) is 0 Å². The van der Waals surface area contributed by atoms with Crippen molar-refractivity contribution in [2.45, 2.75) is 19.3 Å². The predicted octanol–water partition coefficient (Wildman–Crippen LogP) is 2.83. The van der Waals surface area contributed by atoms with E-state index < -0.39 is 5.97 Å². The van der Waals surface area contributed by atoms with Crippen molar-refractivity contribution in [3.63, 3.8) is 0 Å². The fourth-order valence-electron chi connectivity index (χ4n) is 1.84. The Kier molecular flexibility index (Phi) is 4.11. The molecule has 0 fully saturated rings. The maximum absolute atomic E-state index is 10.9. The molecule has 0 aliphatic rings. The third-order valence-corrected chi connectivity index (χ3v) is 4.03. The summed E-state index contributed by atoms with van der Waals surface area (Å²) in [5.41, 5.74) is 1.73. The second-order valence-corrected chi connectivity index (χ2v) is 5.25. The molecule has 6 heteroatoms.